The van der Waals surface area contributed by atoms with Crippen LogP contribution < -0.4 is 5.32 Å². The normalized spacial score (nSPS) is 24.6. The van der Waals surface area contributed by atoms with Crippen molar-refractivity contribution in [2.75, 3.05) is 11.6 Å². The Morgan fingerprint density at radius 2 is 2.06 bits per heavy atom. The van der Waals surface area contributed by atoms with E-state index in [1.807, 2.05) is 18.0 Å². The van der Waals surface area contributed by atoms with E-state index in [0.717, 1.165) is 15.5 Å². The van der Waals surface area contributed by atoms with Crippen molar-refractivity contribution in [2.24, 2.45) is 0 Å². The maximum atomic E-state index is 4.45. The highest BCUT2D eigenvalue weighted by atomic mass is 79.9. The van der Waals surface area contributed by atoms with Crippen LogP contribution in [-0.4, -0.2) is 22.5 Å². The van der Waals surface area contributed by atoms with E-state index in [-0.39, 0.29) is 0 Å². The highest BCUT2D eigenvalue weighted by molar-refractivity contribution is 9.10. The minimum Gasteiger partial charge on any atom is -0.366 e. The zero-order valence-electron chi connectivity index (χ0n) is 10.4. The lowest BCUT2D eigenvalue weighted by molar-refractivity contribution is 0.472. The van der Waals surface area contributed by atoms with Gasteiger partial charge in [0.2, 0.25) is 0 Å². The topological polar surface area (TPSA) is 24.9 Å². The molecule has 0 bridgehead atoms. The number of pyridine rings is 1. The monoisotopic (exact) mass is 314 g/mol. The molecule has 2 nitrogen and oxygen atoms in total. The molecule has 0 saturated heterocycles. The molecule has 1 aromatic heterocycles. The van der Waals surface area contributed by atoms with E-state index >= 15 is 0 Å². The lowest BCUT2D eigenvalue weighted by atomic mass is 9.95. The van der Waals surface area contributed by atoms with Gasteiger partial charge in [-0.05, 0) is 66.4 Å². The van der Waals surface area contributed by atoms with Gasteiger partial charge in [-0.3, -0.25) is 0 Å². The lowest BCUT2D eigenvalue weighted by Gasteiger charge is -2.28. The number of hydrogen-bond donors (Lipinski definition) is 1. The molecule has 4 heteroatoms. The Morgan fingerprint density at radius 3 is 2.65 bits per heavy atom. The number of aromatic nitrogens is 1. The van der Waals surface area contributed by atoms with Gasteiger partial charge in [0, 0.05) is 17.5 Å². The number of rotatable bonds is 3. The summed E-state index contributed by atoms with van der Waals surface area (Å²) in [5, 5.41) is 4.42. The Morgan fingerprint density at radius 1 is 1.35 bits per heavy atom. The molecule has 0 atom stereocenters. The van der Waals surface area contributed by atoms with Gasteiger partial charge in [-0.2, -0.15) is 11.8 Å². The maximum Gasteiger partial charge on any atom is 0.140 e. The molecule has 1 aliphatic carbocycles. The molecule has 0 unspecified atom stereocenters. The summed E-state index contributed by atoms with van der Waals surface area (Å²) in [4.78, 5) is 4.45. The molecular formula is C13H19BrN2S. The van der Waals surface area contributed by atoms with Crippen molar-refractivity contribution in [3.8, 4) is 0 Å². The third-order valence-electron chi connectivity index (χ3n) is 3.33. The van der Waals surface area contributed by atoms with Gasteiger partial charge in [0.05, 0.1) is 4.47 Å². The summed E-state index contributed by atoms with van der Waals surface area (Å²) in [6.45, 7) is 2.06. The predicted octanol–water partition coefficient (Wildman–Crippen LogP) is 4.24. The van der Waals surface area contributed by atoms with E-state index in [1.165, 1.54) is 31.2 Å². The summed E-state index contributed by atoms with van der Waals surface area (Å²) in [5.41, 5.74) is 1.19. The number of halogens is 1. The molecule has 17 heavy (non-hydrogen) atoms. The van der Waals surface area contributed by atoms with Gasteiger partial charge in [-0.1, -0.05) is 0 Å². The average Bonchev–Trinajstić information content (AvgIpc) is 2.34. The smallest absolute Gasteiger partial charge is 0.140 e. The highest BCUT2D eigenvalue weighted by Crippen LogP contribution is 2.30. The first-order valence-corrected chi connectivity index (χ1v) is 8.18. The van der Waals surface area contributed by atoms with Gasteiger partial charge in [-0.15, -0.1) is 0 Å². The van der Waals surface area contributed by atoms with E-state index in [9.17, 15) is 0 Å². The summed E-state index contributed by atoms with van der Waals surface area (Å²) < 4.78 is 1.07. The van der Waals surface area contributed by atoms with Gasteiger partial charge < -0.3 is 5.32 Å². The Kier molecular flexibility index (Phi) is 4.74. The van der Waals surface area contributed by atoms with Crippen LogP contribution in [0.3, 0.4) is 0 Å². The third kappa shape index (κ3) is 3.62. The van der Waals surface area contributed by atoms with Crippen molar-refractivity contribution in [1.82, 2.24) is 4.98 Å². The molecular weight excluding hydrogens is 296 g/mol. The number of aryl methyl sites for hydroxylation is 1. The minimum absolute atomic E-state index is 0.588. The fourth-order valence-corrected chi connectivity index (χ4v) is 3.60. The Hall–Kier alpha value is -0.220. The zero-order chi connectivity index (χ0) is 12.3. The SMILES string of the molecule is CSC1CCC(Nc2ncc(C)cc2Br)CC1. The fraction of sp³-hybridized carbons (Fsp3) is 0.615. The lowest BCUT2D eigenvalue weighted by Crippen LogP contribution is -2.27. The predicted molar refractivity (Wildman–Crippen MR) is 79.9 cm³/mol. The van der Waals surface area contributed by atoms with Gasteiger partial charge in [0.25, 0.3) is 0 Å². The van der Waals surface area contributed by atoms with Crippen LogP contribution in [0.15, 0.2) is 16.7 Å². The second-order valence-corrected chi connectivity index (χ2v) is 6.69. The molecule has 94 valence electrons. The Bertz CT molecular complexity index is 376. The van der Waals surface area contributed by atoms with Crippen molar-refractivity contribution < 1.29 is 0 Å². The van der Waals surface area contributed by atoms with E-state index in [0.29, 0.717) is 6.04 Å². The maximum absolute atomic E-state index is 4.45. The minimum atomic E-state index is 0.588. The molecule has 0 amide bonds. The average molecular weight is 315 g/mol. The molecule has 0 spiro atoms. The summed E-state index contributed by atoms with van der Waals surface area (Å²) in [6, 6.07) is 2.70. The van der Waals surface area contributed by atoms with Crippen LogP contribution in [0.4, 0.5) is 5.82 Å². The molecule has 1 heterocycles. The van der Waals surface area contributed by atoms with E-state index in [4.69, 9.17) is 0 Å². The number of anilines is 1. The van der Waals surface area contributed by atoms with Crippen molar-refractivity contribution in [1.29, 1.82) is 0 Å². The number of thioether (sulfide) groups is 1. The second kappa shape index (κ2) is 6.10. The number of hydrogen-bond acceptors (Lipinski definition) is 3. The fourth-order valence-electron chi connectivity index (χ4n) is 2.28. The Balaban J connectivity index is 1.93. The first-order valence-electron chi connectivity index (χ1n) is 6.10. The van der Waals surface area contributed by atoms with Gasteiger partial charge in [-0.25, -0.2) is 4.98 Å². The molecule has 1 saturated carbocycles. The van der Waals surface area contributed by atoms with Crippen LogP contribution in [0.5, 0.6) is 0 Å². The van der Waals surface area contributed by atoms with Crippen LogP contribution in [0.2, 0.25) is 0 Å². The molecule has 0 radical (unpaired) electrons. The molecule has 2 rings (SSSR count). The van der Waals surface area contributed by atoms with Gasteiger partial charge in [0.1, 0.15) is 5.82 Å². The molecule has 0 aliphatic heterocycles. The summed E-state index contributed by atoms with van der Waals surface area (Å²) in [7, 11) is 0. The number of nitrogens with one attached hydrogen (secondary N) is 1. The molecule has 0 aromatic carbocycles. The van der Waals surface area contributed by atoms with Crippen LogP contribution in [0, 0.1) is 6.92 Å². The largest absolute Gasteiger partial charge is 0.366 e. The Labute approximate surface area is 116 Å². The van der Waals surface area contributed by atoms with Crippen LogP contribution in [0.25, 0.3) is 0 Å². The standard InChI is InChI=1S/C13H19BrN2S/c1-9-7-12(14)13(15-8-9)16-10-3-5-11(17-2)6-4-10/h7-8,10-11H,3-6H2,1-2H3,(H,15,16). The number of nitrogens with zero attached hydrogens (tertiary/aromatic N) is 1. The zero-order valence-corrected chi connectivity index (χ0v) is 12.8. The van der Waals surface area contributed by atoms with E-state index in [1.54, 1.807) is 0 Å². The summed E-state index contributed by atoms with van der Waals surface area (Å²) in [5.74, 6) is 0.989. The van der Waals surface area contributed by atoms with Crippen molar-refractivity contribution in [3.05, 3.63) is 22.3 Å². The van der Waals surface area contributed by atoms with Crippen LogP contribution in [0.1, 0.15) is 31.2 Å². The van der Waals surface area contributed by atoms with Crippen LogP contribution in [-0.2, 0) is 0 Å². The molecule has 1 aromatic rings. The van der Waals surface area contributed by atoms with E-state index < -0.39 is 0 Å². The highest BCUT2D eigenvalue weighted by Gasteiger charge is 2.20. The first-order chi connectivity index (χ1) is 8.19. The second-order valence-electron chi connectivity index (χ2n) is 4.70. The summed E-state index contributed by atoms with van der Waals surface area (Å²) >= 11 is 5.58. The third-order valence-corrected chi connectivity index (χ3v) is 5.07. The first kappa shape index (κ1) is 13.2. The molecule has 1 aliphatic rings. The van der Waals surface area contributed by atoms with Crippen molar-refractivity contribution >= 4 is 33.5 Å². The quantitative estimate of drug-likeness (QED) is 0.903. The molecule has 1 fully saturated rings. The van der Waals surface area contributed by atoms with Crippen LogP contribution >= 0.6 is 27.7 Å². The van der Waals surface area contributed by atoms with Gasteiger partial charge in [0.15, 0.2) is 0 Å². The summed E-state index contributed by atoms with van der Waals surface area (Å²) in [6.07, 6.45) is 9.29. The van der Waals surface area contributed by atoms with Gasteiger partial charge >= 0.3 is 0 Å². The van der Waals surface area contributed by atoms with E-state index in [2.05, 4.69) is 45.5 Å². The van der Waals surface area contributed by atoms with Crippen molar-refractivity contribution in [3.63, 3.8) is 0 Å². The molecule has 1 N–H and O–H groups in total. The van der Waals surface area contributed by atoms with Crippen molar-refractivity contribution in [2.45, 2.75) is 43.9 Å².